The molecule has 0 N–H and O–H groups in total. The van der Waals surface area contributed by atoms with Crippen LogP contribution in [0.4, 0.5) is 19.1 Å². The Kier molecular flexibility index (Phi) is 4.90. The number of sulfonamides is 1. The molecule has 124 valence electrons. The smallest absolute Gasteiger partial charge is 0.341 e. The topological polar surface area (TPSA) is 66.4 Å². The maximum Gasteiger partial charge on any atom is 0.402 e. The largest absolute Gasteiger partial charge is 0.402 e. The highest BCUT2D eigenvalue weighted by atomic mass is 32.2. The monoisotopic (exact) mass is 338 g/mol. The van der Waals surface area contributed by atoms with E-state index in [0.717, 1.165) is 6.26 Å². The van der Waals surface area contributed by atoms with Crippen molar-refractivity contribution >= 4 is 16.0 Å². The summed E-state index contributed by atoms with van der Waals surface area (Å²) in [5.41, 5.74) is 0. The molecule has 1 aliphatic heterocycles. The van der Waals surface area contributed by atoms with Crippen LogP contribution in [0.15, 0.2) is 18.5 Å². The highest BCUT2D eigenvalue weighted by Crippen LogP contribution is 2.26. The van der Waals surface area contributed by atoms with Crippen molar-refractivity contribution in [2.24, 2.45) is 0 Å². The predicted molar refractivity (Wildman–Crippen MR) is 74.9 cm³/mol. The molecule has 1 aromatic heterocycles. The molecule has 6 nitrogen and oxygen atoms in total. The standard InChI is InChI=1S/C12H17F3N4O2S/c1-22(20,21)19(9-12(13,14)15)10-3-7-18(8-4-10)11-16-5-2-6-17-11/h2,5-6,10H,3-4,7-9H2,1H3. The molecule has 1 aromatic rings. The average molecular weight is 338 g/mol. The Morgan fingerprint density at radius 3 is 2.27 bits per heavy atom. The van der Waals surface area contributed by atoms with Gasteiger partial charge in [-0.25, -0.2) is 18.4 Å². The van der Waals surface area contributed by atoms with Crippen molar-refractivity contribution in [2.75, 3.05) is 30.8 Å². The van der Waals surface area contributed by atoms with Gasteiger partial charge in [0, 0.05) is 31.5 Å². The first-order valence-electron chi connectivity index (χ1n) is 6.72. The lowest BCUT2D eigenvalue weighted by Crippen LogP contribution is -2.50. The maximum absolute atomic E-state index is 12.6. The van der Waals surface area contributed by atoms with E-state index in [1.54, 1.807) is 18.5 Å². The van der Waals surface area contributed by atoms with E-state index in [-0.39, 0.29) is 0 Å². The van der Waals surface area contributed by atoms with Crippen LogP contribution >= 0.6 is 0 Å². The molecule has 10 heteroatoms. The minimum absolute atomic E-state index is 0.307. The number of hydrogen-bond acceptors (Lipinski definition) is 5. The molecule has 2 heterocycles. The van der Waals surface area contributed by atoms with Gasteiger partial charge >= 0.3 is 6.18 Å². The van der Waals surface area contributed by atoms with Crippen molar-refractivity contribution in [1.29, 1.82) is 0 Å². The fraction of sp³-hybridized carbons (Fsp3) is 0.667. The second-order valence-electron chi connectivity index (χ2n) is 5.19. The van der Waals surface area contributed by atoms with E-state index in [9.17, 15) is 21.6 Å². The van der Waals surface area contributed by atoms with Gasteiger partial charge in [0.15, 0.2) is 0 Å². The van der Waals surface area contributed by atoms with Crippen molar-refractivity contribution in [3.05, 3.63) is 18.5 Å². The number of aromatic nitrogens is 2. The van der Waals surface area contributed by atoms with E-state index in [1.165, 1.54) is 0 Å². The minimum Gasteiger partial charge on any atom is -0.341 e. The molecule has 0 atom stereocenters. The van der Waals surface area contributed by atoms with E-state index in [1.807, 2.05) is 4.90 Å². The molecule has 1 saturated heterocycles. The quantitative estimate of drug-likeness (QED) is 0.827. The first-order valence-corrected chi connectivity index (χ1v) is 8.57. The summed E-state index contributed by atoms with van der Waals surface area (Å²) in [6.07, 6.45) is 0.0404. The van der Waals surface area contributed by atoms with Crippen LogP contribution in [0.1, 0.15) is 12.8 Å². The normalized spacial score (nSPS) is 18.0. The first kappa shape index (κ1) is 16.9. The Morgan fingerprint density at radius 1 is 1.27 bits per heavy atom. The van der Waals surface area contributed by atoms with Gasteiger partial charge in [0.1, 0.15) is 6.54 Å². The highest BCUT2D eigenvalue weighted by Gasteiger charge is 2.39. The molecule has 0 radical (unpaired) electrons. The molecule has 0 aliphatic carbocycles. The van der Waals surface area contributed by atoms with Crippen molar-refractivity contribution in [2.45, 2.75) is 25.1 Å². The van der Waals surface area contributed by atoms with Gasteiger partial charge in [0.2, 0.25) is 16.0 Å². The number of alkyl halides is 3. The maximum atomic E-state index is 12.6. The Balaban J connectivity index is 2.05. The van der Waals surface area contributed by atoms with Gasteiger partial charge in [0.05, 0.1) is 6.26 Å². The number of anilines is 1. The third kappa shape index (κ3) is 4.54. The second kappa shape index (κ2) is 6.37. The van der Waals surface area contributed by atoms with Gasteiger partial charge in [-0.3, -0.25) is 0 Å². The van der Waals surface area contributed by atoms with E-state index in [2.05, 4.69) is 9.97 Å². The number of halogens is 3. The second-order valence-corrected chi connectivity index (χ2v) is 7.13. The summed E-state index contributed by atoms with van der Waals surface area (Å²) in [4.78, 5) is 10.0. The molecule has 2 rings (SSSR count). The van der Waals surface area contributed by atoms with Gasteiger partial charge in [-0.05, 0) is 18.9 Å². The Morgan fingerprint density at radius 2 is 1.82 bits per heavy atom. The molecule has 0 spiro atoms. The van der Waals surface area contributed by atoms with E-state index < -0.39 is 28.8 Å². The van der Waals surface area contributed by atoms with Crippen molar-refractivity contribution < 1.29 is 21.6 Å². The third-order valence-corrected chi connectivity index (χ3v) is 4.75. The fourth-order valence-electron chi connectivity index (χ4n) is 2.50. The van der Waals surface area contributed by atoms with Crippen molar-refractivity contribution in [3.63, 3.8) is 0 Å². The van der Waals surface area contributed by atoms with Crippen LogP contribution < -0.4 is 4.90 Å². The minimum atomic E-state index is -4.55. The molecule has 22 heavy (non-hydrogen) atoms. The van der Waals surface area contributed by atoms with Crippen LogP contribution in [0.25, 0.3) is 0 Å². The summed E-state index contributed by atoms with van der Waals surface area (Å²) in [6.45, 7) is -0.616. The zero-order chi connectivity index (χ0) is 16.4. The molecule has 0 bridgehead atoms. The molecule has 1 fully saturated rings. The van der Waals surface area contributed by atoms with E-state index in [0.29, 0.717) is 36.2 Å². The lowest BCUT2D eigenvalue weighted by atomic mass is 10.1. The van der Waals surface area contributed by atoms with Crippen LogP contribution in [0.2, 0.25) is 0 Å². The summed E-state index contributed by atoms with van der Waals surface area (Å²) >= 11 is 0. The van der Waals surface area contributed by atoms with E-state index in [4.69, 9.17) is 0 Å². The number of hydrogen-bond donors (Lipinski definition) is 0. The molecule has 0 unspecified atom stereocenters. The third-order valence-electron chi connectivity index (χ3n) is 3.47. The fourth-order valence-corrected chi connectivity index (χ4v) is 3.64. The Labute approximate surface area is 127 Å². The molecule has 0 amide bonds. The van der Waals surface area contributed by atoms with Gasteiger partial charge in [-0.1, -0.05) is 0 Å². The first-order chi connectivity index (χ1) is 10.2. The molecule has 0 aromatic carbocycles. The molecule has 1 aliphatic rings. The highest BCUT2D eigenvalue weighted by molar-refractivity contribution is 7.88. The molecule has 0 saturated carbocycles. The van der Waals surface area contributed by atoms with Crippen LogP contribution in [-0.2, 0) is 10.0 Å². The summed E-state index contributed by atoms with van der Waals surface area (Å²) in [5.74, 6) is 0.502. The predicted octanol–water partition coefficient (Wildman–Crippen LogP) is 1.27. The van der Waals surface area contributed by atoms with Crippen molar-refractivity contribution in [1.82, 2.24) is 14.3 Å². The van der Waals surface area contributed by atoms with E-state index >= 15 is 0 Å². The summed E-state index contributed by atoms with van der Waals surface area (Å²) in [5, 5.41) is 0. The zero-order valence-electron chi connectivity index (χ0n) is 12.0. The van der Waals surface area contributed by atoms with Gasteiger partial charge in [-0.15, -0.1) is 0 Å². The summed E-state index contributed by atoms with van der Waals surface area (Å²) < 4.78 is 61.6. The SMILES string of the molecule is CS(=O)(=O)N(CC(F)(F)F)C1CCN(c2ncccn2)CC1. The van der Waals surface area contributed by atoms with Crippen molar-refractivity contribution in [3.8, 4) is 0 Å². The number of rotatable bonds is 4. The summed E-state index contributed by atoms with van der Waals surface area (Å²) in [6, 6.07) is 1.02. The van der Waals surface area contributed by atoms with Crippen LogP contribution in [0, 0.1) is 0 Å². The molecular formula is C12H17F3N4O2S. The number of nitrogens with zero attached hydrogens (tertiary/aromatic N) is 4. The summed E-state index contributed by atoms with van der Waals surface area (Å²) in [7, 11) is -3.92. The molecular weight excluding hydrogens is 321 g/mol. The average Bonchev–Trinajstić information content (AvgIpc) is 2.44. The van der Waals surface area contributed by atoms with Gasteiger partial charge in [0.25, 0.3) is 0 Å². The number of piperidine rings is 1. The zero-order valence-corrected chi connectivity index (χ0v) is 12.8. The Bertz CT molecular complexity index is 586. The van der Waals surface area contributed by atoms with Crippen LogP contribution in [0.3, 0.4) is 0 Å². The Hall–Kier alpha value is -1.42. The van der Waals surface area contributed by atoms with Gasteiger partial charge in [-0.2, -0.15) is 17.5 Å². The van der Waals surface area contributed by atoms with Crippen LogP contribution in [0.5, 0.6) is 0 Å². The van der Waals surface area contributed by atoms with Crippen LogP contribution in [-0.4, -0.2) is 60.8 Å². The lowest BCUT2D eigenvalue weighted by molar-refractivity contribution is -0.139. The van der Waals surface area contributed by atoms with Gasteiger partial charge < -0.3 is 4.90 Å². The lowest BCUT2D eigenvalue weighted by Gasteiger charge is -2.37.